The molecular formula is C15H15NO4S. The van der Waals surface area contributed by atoms with Crippen molar-refractivity contribution >= 4 is 16.2 Å². The average Bonchev–Trinajstić information content (AvgIpc) is 2.53. The summed E-state index contributed by atoms with van der Waals surface area (Å²) in [6, 6.07) is 14.5. The third-order valence-electron chi connectivity index (χ3n) is 3.02. The molecule has 0 aliphatic carbocycles. The summed E-state index contributed by atoms with van der Waals surface area (Å²) in [5.41, 5.74) is 0.465. The van der Waals surface area contributed by atoms with Gasteiger partial charge in [0.05, 0.1) is 12.0 Å². The first-order valence-electron chi connectivity index (χ1n) is 6.22. The van der Waals surface area contributed by atoms with E-state index in [0.717, 1.165) is 0 Å². The maximum atomic E-state index is 12.6. The molecule has 2 rings (SSSR count). The van der Waals surface area contributed by atoms with E-state index in [1.165, 1.54) is 19.2 Å². The van der Waals surface area contributed by atoms with E-state index >= 15 is 0 Å². The minimum atomic E-state index is -3.72. The summed E-state index contributed by atoms with van der Waals surface area (Å²) < 4.78 is 30.3. The highest BCUT2D eigenvalue weighted by Gasteiger charge is 2.28. The minimum absolute atomic E-state index is 0.153. The number of sulfone groups is 1. The Bertz CT molecular complexity index is 696. The summed E-state index contributed by atoms with van der Waals surface area (Å²) in [6.45, 7) is 0. The molecule has 110 valence electrons. The quantitative estimate of drug-likeness (QED) is 0.828. The van der Waals surface area contributed by atoms with Crippen LogP contribution in [0.1, 0.15) is 10.9 Å². The largest absolute Gasteiger partial charge is 0.497 e. The van der Waals surface area contributed by atoms with Crippen molar-refractivity contribution in [1.29, 1.82) is 0 Å². The molecule has 2 aromatic rings. The van der Waals surface area contributed by atoms with E-state index in [9.17, 15) is 13.2 Å². The summed E-state index contributed by atoms with van der Waals surface area (Å²) in [6.07, 6.45) is 0.384. The first kappa shape index (κ1) is 15.1. The molecule has 0 fully saturated rings. The number of rotatable bonds is 6. The lowest BCUT2D eigenvalue weighted by atomic mass is 10.2. The van der Waals surface area contributed by atoms with Crippen molar-refractivity contribution in [2.75, 3.05) is 7.11 Å². The van der Waals surface area contributed by atoms with Gasteiger partial charge < -0.3 is 10.1 Å². The number of ether oxygens (including phenoxy) is 1. The van der Waals surface area contributed by atoms with E-state index < -0.39 is 15.2 Å². The molecule has 0 radical (unpaired) electrons. The highest BCUT2D eigenvalue weighted by atomic mass is 32.2. The molecule has 1 amide bonds. The number of benzene rings is 2. The van der Waals surface area contributed by atoms with Gasteiger partial charge in [-0.1, -0.05) is 30.3 Å². The molecular weight excluding hydrogens is 290 g/mol. The molecule has 2 aromatic carbocycles. The SMILES string of the molecule is COc1ccc(C(NC=O)S(=O)(=O)c2ccccc2)cc1. The summed E-state index contributed by atoms with van der Waals surface area (Å²) >= 11 is 0. The van der Waals surface area contributed by atoms with E-state index in [0.29, 0.717) is 17.7 Å². The fourth-order valence-corrected chi connectivity index (χ4v) is 3.51. The van der Waals surface area contributed by atoms with Crippen molar-refractivity contribution in [1.82, 2.24) is 5.32 Å². The third kappa shape index (κ3) is 3.22. The van der Waals surface area contributed by atoms with Gasteiger partial charge >= 0.3 is 0 Å². The van der Waals surface area contributed by atoms with Crippen molar-refractivity contribution in [3.05, 3.63) is 60.2 Å². The van der Waals surface area contributed by atoms with E-state index in [2.05, 4.69) is 5.32 Å². The van der Waals surface area contributed by atoms with E-state index in [1.807, 2.05) is 0 Å². The zero-order chi connectivity index (χ0) is 15.3. The van der Waals surface area contributed by atoms with Crippen LogP contribution < -0.4 is 10.1 Å². The van der Waals surface area contributed by atoms with Crippen LogP contribution in [-0.2, 0) is 14.6 Å². The Labute approximate surface area is 123 Å². The van der Waals surface area contributed by atoms with E-state index in [-0.39, 0.29) is 4.90 Å². The zero-order valence-electron chi connectivity index (χ0n) is 11.4. The highest BCUT2D eigenvalue weighted by Crippen LogP contribution is 2.27. The van der Waals surface area contributed by atoms with Gasteiger partial charge in [0.15, 0.2) is 5.37 Å². The topological polar surface area (TPSA) is 72.5 Å². The lowest BCUT2D eigenvalue weighted by Crippen LogP contribution is -2.27. The average molecular weight is 305 g/mol. The number of carbonyl (C=O) groups excluding carboxylic acids is 1. The molecule has 6 heteroatoms. The summed E-state index contributed by atoms with van der Waals surface area (Å²) in [7, 11) is -2.19. The van der Waals surface area contributed by atoms with Crippen LogP contribution in [0.2, 0.25) is 0 Å². The Morgan fingerprint density at radius 1 is 1.05 bits per heavy atom. The first-order valence-corrected chi connectivity index (χ1v) is 7.77. The maximum Gasteiger partial charge on any atom is 0.208 e. The molecule has 0 saturated carbocycles. The number of carbonyl (C=O) groups is 1. The van der Waals surface area contributed by atoms with Crippen LogP contribution in [0.15, 0.2) is 59.5 Å². The number of hydrogen-bond donors (Lipinski definition) is 1. The number of nitrogens with one attached hydrogen (secondary N) is 1. The third-order valence-corrected chi connectivity index (χ3v) is 4.98. The zero-order valence-corrected chi connectivity index (χ0v) is 12.2. The van der Waals surface area contributed by atoms with Crippen molar-refractivity contribution in [3.63, 3.8) is 0 Å². The Hall–Kier alpha value is -2.34. The van der Waals surface area contributed by atoms with Gasteiger partial charge in [0, 0.05) is 0 Å². The fourth-order valence-electron chi connectivity index (χ4n) is 1.95. The van der Waals surface area contributed by atoms with Gasteiger partial charge in [-0.3, -0.25) is 4.79 Å². The van der Waals surface area contributed by atoms with Crippen LogP contribution in [0.5, 0.6) is 5.75 Å². The van der Waals surface area contributed by atoms with Gasteiger partial charge in [-0.05, 0) is 29.8 Å². The fraction of sp³-hybridized carbons (Fsp3) is 0.133. The highest BCUT2D eigenvalue weighted by molar-refractivity contribution is 7.91. The molecule has 0 aromatic heterocycles. The number of amides is 1. The molecule has 21 heavy (non-hydrogen) atoms. The van der Waals surface area contributed by atoms with Gasteiger partial charge in [0.2, 0.25) is 16.2 Å². The number of hydrogen-bond acceptors (Lipinski definition) is 4. The van der Waals surface area contributed by atoms with E-state index in [4.69, 9.17) is 4.74 Å². The Balaban J connectivity index is 2.44. The smallest absolute Gasteiger partial charge is 0.208 e. The predicted octanol–water partition coefficient (Wildman–Crippen LogP) is 1.91. The molecule has 1 atom stereocenters. The van der Waals surface area contributed by atoms with Gasteiger partial charge in [0.1, 0.15) is 5.75 Å². The molecule has 0 aliphatic heterocycles. The van der Waals surface area contributed by atoms with Gasteiger partial charge in [-0.25, -0.2) is 8.42 Å². The minimum Gasteiger partial charge on any atom is -0.497 e. The summed E-state index contributed by atoms with van der Waals surface area (Å²) in [5.74, 6) is 0.612. The standard InChI is InChI=1S/C15H15NO4S/c1-20-13-9-7-12(8-10-13)15(16-11-17)21(18,19)14-5-3-2-4-6-14/h2-11,15H,1H3,(H,16,17). The van der Waals surface area contributed by atoms with Crippen molar-refractivity contribution in [2.45, 2.75) is 10.3 Å². The molecule has 0 bridgehead atoms. The Morgan fingerprint density at radius 3 is 2.19 bits per heavy atom. The van der Waals surface area contributed by atoms with Crippen LogP contribution >= 0.6 is 0 Å². The second-order valence-electron chi connectivity index (χ2n) is 4.30. The lowest BCUT2D eigenvalue weighted by Gasteiger charge is -2.17. The molecule has 1 N–H and O–H groups in total. The van der Waals surface area contributed by atoms with Crippen LogP contribution in [0.25, 0.3) is 0 Å². The first-order chi connectivity index (χ1) is 10.1. The normalized spacial score (nSPS) is 12.4. The van der Waals surface area contributed by atoms with Crippen LogP contribution in [0, 0.1) is 0 Å². The molecule has 0 aliphatic rings. The summed E-state index contributed by atoms with van der Waals surface area (Å²) in [5, 5.41) is 1.23. The Kier molecular flexibility index (Phi) is 4.59. The van der Waals surface area contributed by atoms with E-state index in [1.54, 1.807) is 42.5 Å². The molecule has 0 saturated heterocycles. The Morgan fingerprint density at radius 2 is 1.67 bits per heavy atom. The van der Waals surface area contributed by atoms with Crippen LogP contribution in [0.3, 0.4) is 0 Å². The molecule has 0 spiro atoms. The van der Waals surface area contributed by atoms with Crippen molar-refractivity contribution < 1.29 is 17.9 Å². The van der Waals surface area contributed by atoms with Gasteiger partial charge in [-0.15, -0.1) is 0 Å². The van der Waals surface area contributed by atoms with Gasteiger partial charge in [-0.2, -0.15) is 0 Å². The van der Waals surface area contributed by atoms with Gasteiger partial charge in [0.25, 0.3) is 0 Å². The lowest BCUT2D eigenvalue weighted by molar-refractivity contribution is -0.109. The molecule has 1 unspecified atom stereocenters. The number of methoxy groups -OCH3 is 1. The van der Waals surface area contributed by atoms with Crippen molar-refractivity contribution in [3.8, 4) is 5.75 Å². The van der Waals surface area contributed by atoms with Crippen molar-refractivity contribution in [2.24, 2.45) is 0 Å². The second-order valence-corrected chi connectivity index (χ2v) is 6.33. The molecule has 0 heterocycles. The van der Waals surface area contributed by atoms with Crippen LogP contribution in [-0.4, -0.2) is 21.9 Å². The molecule has 5 nitrogen and oxygen atoms in total. The monoisotopic (exact) mass is 305 g/mol. The summed E-state index contributed by atoms with van der Waals surface area (Å²) in [4.78, 5) is 10.9. The predicted molar refractivity (Wildman–Crippen MR) is 78.6 cm³/mol. The van der Waals surface area contributed by atoms with Crippen LogP contribution in [0.4, 0.5) is 0 Å². The maximum absolute atomic E-state index is 12.6. The second kappa shape index (κ2) is 6.41.